The second kappa shape index (κ2) is 7.38. The fourth-order valence-corrected chi connectivity index (χ4v) is 3.25. The smallest absolute Gasteiger partial charge is 0.234 e. The number of aryl methyl sites for hydroxylation is 1. The Hall–Kier alpha value is -2.16. The van der Waals surface area contributed by atoms with Crippen molar-refractivity contribution in [3.8, 4) is 11.4 Å². The van der Waals surface area contributed by atoms with Crippen LogP contribution < -0.4 is 11.2 Å². The monoisotopic (exact) mass is 397 g/mol. The van der Waals surface area contributed by atoms with Gasteiger partial charge in [0.2, 0.25) is 11.1 Å². The minimum Gasteiger partial charge on any atom is -0.469 e. The molecule has 7 nitrogen and oxygen atoms in total. The van der Waals surface area contributed by atoms with Crippen molar-refractivity contribution >= 4 is 46.6 Å². The van der Waals surface area contributed by atoms with Gasteiger partial charge in [-0.2, -0.15) is 0 Å². The summed E-state index contributed by atoms with van der Waals surface area (Å²) in [5.41, 5.74) is 1.12. The van der Waals surface area contributed by atoms with E-state index in [9.17, 15) is 4.79 Å². The molecule has 25 heavy (non-hydrogen) atoms. The third kappa shape index (κ3) is 3.76. The molecule has 10 heteroatoms. The Labute approximate surface area is 157 Å². The number of anilines is 1. The van der Waals surface area contributed by atoms with Crippen molar-refractivity contribution < 1.29 is 9.21 Å². The van der Waals surface area contributed by atoms with Crippen molar-refractivity contribution in [2.45, 2.75) is 12.1 Å². The lowest BCUT2D eigenvalue weighted by Crippen LogP contribution is -2.17. The third-order valence-electron chi connectivity index (χ3n) is 3.32. The van der Waals surface area contributed by atoms with Crippen molar-refractivity contribution in [3.63, 3.8) is 0 Å². The summed E-state index contributed by atoms with van der Waals surface area (Å²) in [4.78, 5) is 12.1. The van der Waals surface area contributed by atoms with E-state index in [-0.39, 0.29) is 11.7 Å². The zero-order chi connectivity index (χ0) is 18.0. The predicted octanol–water partition coefficient (Wildman–Crippen LogP) is 3.60. The zero-order valence-electron chi connectivity index (χ0n) is 13.0. The van der Waals surface area contributed by atoms with Crippen LogP contribution in [0.2, 0.25) is 10.0 Å². The van der Waals surface area contributed by atoms with Crippen LogP contribution in [0.5, 0.6) is 0 Å². The van der Waals surface area contributed by atoms with E-state index in [1.54, 1.807) is 37.5 Å². The fraction of sp³-hybridized carbons (Fsp3) is 0.133. The van der Waals surface area contributed by atoms with Gasteiger partial charge in [-0.3, -0.25) is 4.79 Å². The number of benzene rings is 1. The normalized spacial score (nSPS) is 10.8. The highest BCUT2D eigenvalue weighted by atomic mass is 35.5. The number of carbonyl (C=O) groups is 1. The number of nitrogen functional groups attached to an aromatic ring is 1. The molecule has 3 rings (SSSR count). The van der Waals surface area contributed by atoms with Gasteiger partial charge in [0.05, 0.1) is 33.3 Å². The predicted molar refractivity (Wildman–Crippen MR) is 98.4 cm³/mol. The molecule has 0 saturated heterocycles. The average molecular weight is 398 g/mol. The lowest BCUT2D eigenvalue weighted by atomic mass is 10.2. The number of hydrogen-bond acceptors (Lipinski definition) is 6. The van der Waals surface area contributed by atoms with Crippen molar-refractivity contribution in [1.82, 2.24) is 14.9 Å². The summed E-state index contributed by atoms with van der Waals surface area (Å²) < 4.78 is 6.56. The van der Waals surface area contributed by atoms with Crippen LogP contribution in [0.1, 0.15) is 5.76 Å². The summed E-state index contributed by atoms with van der Waals surface area (Å²) in [5, 5.41) is 11.9. The van der Waals surface area contributed by atoms with Gasteiger partial charge in [0, 0.05) is 0 Å². The standard InChI is InChI=1S/C15H13Cl2N5O2S/c1-8-9(5-6-24-8)14-20-21-15(22(14)18)25-7-12(23)19-13-10(16)3-2-4-11(13)17/h2-6H,7,18H2,1H3,(H,19,23). The van der Waals surface area contributed by atoms with Gasteiger partial charge in [-0.1, -0.05) is 41.0 Å². The molecule has 0 saturated carbocycles. The number of amides is 1. The first-order chi connectivity index (χ1) is 12.0. The molecule has 0 spiro atoms. The van der Waals surface area contributed by atoms with Gasteiger partial charge in [0.15, 0.2) is 5.82 Å². The molecular formula is C15H13Cl2N5O2S. The molecule has 0 aliphatic rings. The Bertz CT molecular complexity index is 904. The van der Waals surface area contributed by atoms with Crippen molar-refractivity contribution in [3.05, 3.63) is 46.3 Å². The first kappa shape index (κ1) is 17.7. The molecule has 0 radical (unpaired) electrons. The van der Waals surface area contributed by atoms with Gasteiger partial charge in [0.1, 0.15) is 5.76 Å². The number of nitrogens with zero attached hydrogens (tertiary/aromatic N) is 3. The number of nitrogens with two attached hydrogens (primary N) is 1. The number of hydrogen-bond donors (Lipinski definition) is 2. The third-order valence-corrected chi connectivity index (χ3v) is 4.90. The maximum atomic E-state index is 12.1. The minimum absolute atomic E-state index is 0.0707. The number of rotatable bonds is 5. The number of para-hydroxylation sites is 1. The number of halogens is 2. The fourth-order valence-electron chi connectivity index (χ4n) is 2.10. The lowest BCUT2D eigenvalue weighted by molar-refractivity contribution is -0.113. The Balaban J connectivity index is 1.67. The van der Waals surface area contributed by atoms with Gasteiger partial charge in [-0.25, -0.2) is 4.68 Å². The second-order valence-corrected chi connectivity index (χ2v) is 6.76. The van der Waals surface area contributed by atoms with Gasteiger partial charge in [0.25, 0.3) is 0 Å². The van der Waals surface area contributed by atoms with Gasteiger partial charge >= 0.3 is 0 Å². The largest absolute Gasteiger partial charge is 0.469 e. The zero-order valence-corrected chi connectivity index (χ0v) is 15.3. The average Bonchev–Trinajstić information content (AvgIpc) is 3.15. The number of aromatic nitrogens is 3. The summed E-state index contributed by atoms with van der Waals surface area (Å²) in [6.45, 7) is 1.80. The van der Waals surface area contributed by atoms with E-state index in [4.69, 9.17) is 33.5 Å². The number of furan rings is 1. The summed E-state index contributed by atoms with van der Waals surface area (Å²) in [7, 11) is 0. The molecule has 2 aromatic heterocycles. The van der Waals surface area contributed by atoms with Crippen LogP contribution in [0.4, 0.5) is 5.69 Å². The number of nitrogens with one attached hydrogen (secondary N) is 1. The Morgan fingerprint density at radius 1 is 1.32 bits per heavy atom. The highest BCUT2D eigenvalue weighted by molar-refractivity contribution is 7.99. The maximum Gasteiger partial charge on any atom is 0.234 e. The minimum atomic E-state index is -0.288. The van der Waals surface area contributed by atoms with Crippen LogP contribution >= 0.6 is 35.0 Å². The van der Waals surface area contributed by atoms with E-state index >= 15 is 0 Å². The van der Waals surface area contributed by atoms with E-state index in [1.165, 1.54) is 4.68 Å². The summed E-state index contributed by atoms with van der Waals surface area (Å²) in [5.74, 6) is 6.93. The van der Waals surface area contributed by atoms with Crippen molar-refractivity contribution in [2.24, 2.45) is 0 Å². The second-order valence-electron chi connectivity index (χ2n) is 5.00. The number of carbonyl (C=O) groups excluding carboxylic acids is 1. The van der Waals surface area contributed by atoms with E-state index in [1.807, 2.05) is 0 Å². The van der Waals surface area contributed by atoms with Crippen LogP contribution in [-0.2, 0) is 4.79 Å². The van der Waals surface area contributed by atoms with Gasteiger partial charge in [-0.15, -0.1) is 10.2 Å². The maximum absolute atomic E-state index is 12.1. The van der Waals surface area contributed by atoms with Crippen LogP contribution in [0, 0.1) is 6.92 Å². The van der Waals surface area contributed by atoms with E-state index < -0.39 is 0 Å². The van der Waals surface area contributed by atoms with Crippen LogP contribution in [0.15, 0.2) is 40.1 Å². The Kier molecular flexibility index (Phi) is 5.22. The van der Waals surface area contributed by atoms with E-state index in [0.29, 0.717) is 32.5 Å². The van der Waals surface area contributed by atoms with Crippen molar-refractivity contribution in [2.75, 3.05) is 16.9 Å². The summed E-state index contributed by atoms with van der Waals surface area (Å²) in [6.07, 6.45) is 1.55. The molecule has 3 N–H and O–H groups in total. The SMILES string of the molecule is Cc1occc1-c1nnc(SCC(=O)Nc2c(Cl)cccc2Cl)n1N. The molecule has 2 heterocycles. The molecule has 0 atom stereocenters. The molecule has 0 aliphatic heterocycles. The quantitative estimate of drug-likeness (QED) is 0.503. The van der Waals surface area contributed by atoms with E-state index in [0.717, 1.165) is 17.3 Å². The Morgan fingerprint density at radius 2 is 2.04 bits per heavy atom. The van der Waals surface area contributed by atoms with Crippen LogP contribution in [0.3, 0.4) is 0 Å². The Morgan fingerprint density at radius 3 is 2.68 bits per heavy atom. The summed E-state index contributed by atoms with van der Waals surface area (Å²) in [6, 6.07) is 6.74. The van der Waals surface area contributed by atoms with Crippen molar-refractivity contribution in [1.29, 1.82) is 0 Å². The highest BCUT2D eigenvalue weighted by Gasteiger charge is 2.17. The topological polar surface area (TPSA) is 99.0 Å². The molecule has 0 unspecified atom stereocenters. The van der Waals surface area contributed by atoms with Gasteiger partial charge in [-0.05, 0) is 25.1 Å². The van der Waals surface area contributed by atoms with Gasteiger partial charge < -0.3 is 15.6 Å². The van der Waals surface area contributed by atoms with Crippen LogP contribution in [-0.4, -0.2) is 26.5 Å². The first-order valence-corrected chi connectivity index (χ1v) is 8.83. The lowest BCUT2D eigenvalue weighted by Gasteiger charge is -2.08. The summed E-state index contributed by atoms with van der Waals surface area (Å²) >= 11 is 13.2. The molecule has 0 aliphatic carbocycles. The molecule has 1 aromatic carbocycles. The molecule has 0 bridgehead atoms. The van der Waals surface area contributed by atoms with E-state index in [2.05, 4.69) is 15.5 Å². The molecule has 1 amide bonds. The molecule has 0 fully saturated rings. The highest BCUT2D eigenvalue weighted by Crippen LogP contribution is 2.30. The molecular weight excluding hydrogens is 385 g/mol. The molecule has 130 valence electrons. The first-order valence-electron chi connectivity index (χ1n) is 7.09. The number of thioether (sulfide) groups is 1. The van der Waals surface area contributed by atoms with Crippen LogP contribution in [0.25, 0.3) is 11.4 Å². The molecule has 3 aromatic rings.